The summed E-state index contributed by atoms with van der Waals surface area (Å²) in [5.74, 6) is -0.809. The number of amides is 1. The van der Waals surface area contributed by atoms with E-state index in [9.17, 15) is 14.3 Å². The van der Waals surface area contributed by atoms with Crippen LogP contribution >= 0.6 is 0 Å². The minimum atomic E-state index is -0.484. The van der Waals surface area contributed by atoms with Crippen molar-refractivity contribution in [3.63, 3.8) is 0 Å². The molecule has 0 spiro atoms. The summed E-state index contributed by atoms with van der Waals surface area (Å²) in [7, 11) is 0. The Morgan fingerprint density at radius 2 is 1.73 bits per heavy atom. The lowest BCUT2D eigenvalue weighted by Gasteiger charge is -2.21. The van der Waals surface area contributed by atoms with Gasteiger partial charge in [0.1, 0.15) is 11.6 Å². The number of carbonyl (C=O) groups excluding carboxylic acids is 1. The summed E-state index contributed by atoms with van der Waals surface area (Å²) in [4.78, 5) is 16.5. The maximum absolute atomic E-state index is 14.1. The number of aliphatic hydroxyl groups is 1. The van der Waals surface area contributed by atoms with Crippen LogP contribution < -0.4 is 5.32 Å². The number of fused-ring (bicyclic) bond motifs is 1. The summed E-state index contributed by atoms with van der Waals surface area (Å²) >= 11 is 0. The Bertz CT molecular complexity index is 1130. The van der Waals surface area contributed by atoms with Crippen LogP contribution in [0.25, 0.3) is 10.9 Å². The minimum Gasteiger partial charge on any atom is -0.510 e. The molecule has 30 heavy (non-hydrogen) atoms. The van der Waals surface area contributed by atoms with Gasteiger partial charge >= 0.3 is 0 Å². The van der Waals surface area contributed by atoms with Crippen LogP contribution in [0.1, 0.15) is 56.4 Å². The first kappa shape index (κ1) is 20.2. The van der Waals surface area contributed by atoms with Crippen molar-refractivity contribution in [3.05, 3.63) is 82.5 Å². The summed E-state index contributed by atoms with van der Waals surface area (Å²) in [6.07, 6.45) is 0. The van der Waals surface area contributed by atoms with Gasteiger partial charge in [-0.25, -0.2) is 4.39 Å². The van der Waals surface area contributed by atoms with Crippen LogP contribution in [-0.4, -0.2) is 22.0 Å². The highest BCUT2D eigenvalue weighted by Gasteiger charge is 2.40. The number of benzene rings is 2. The van der Waals surface area contributed by atoms with E-state index in [4.69, 9.17) is 0 Å². The topological polar surface area (TPSA) is 65.1 Å². The molecule has 1 aromatic heterocycles. The third kappa shape index (κ3) is 3.28. The first-order chi connectivity index (χ1) is 14.3. The van der Waals surface area contributed by atoms with E-state index in [-0.39, 0.29) is 29.3 Å². The number of hydrogen-bond acceptors (Lipinski definition) is 2. The molecule has 0 saturated heterocycles. The zero-order chi connectivity index (χ0) is 21.6. The average Bonchev–Trinajstić information content (AvgIpc) is 3.21. The molecule has 0 bridgehead atoms. The predicted molar refractivity (Wildman–Crippen MR) is 117 cm³/mol. The number of hydrogen-bond donors (Lipinski definition) is 3. The summed E-state index contributed by atoms with van der Waals surface area (Å²) < 4.78 is 14.1. The van der Waals surface area contributed by atoms with Gasteiger partial charge in [-0.05, 0) is 41.2 Å². The van der Waals surface area contributed by atoms with Crippen LogP contribution in [0.15, 0.2) is 59.9 Å². The Labute approximate surface area is 175 Å². The molecule has 1 aliphatic rings. The number of carbonyl (C=O) groups is 1. The summed E-state index contributed by atoms with van der Waals surface area (Å²) in [5.41, 5.74) is 3.84. The first-order valence-corrected chi connectivity index (χ1v) is 10.4. The molecule has 4 rings (SSSR count). The van der Waals surface area contributed by atoms with Crippen LogP contribution in [0.3, 0.4) is 0 Å². The molecule has 2 unspecified atom stereocenters. The fraction of sp³-hybridized carbons (Fsp3) is 0.320. The first-order valence-electron chi connectivity index (χ1n) is 10.4. The lowest BCUT2D eigenvalue weighted by Crippen LogP contribution is -2.33. The van der Waals surface area contributed by atoms with Gasteiger partial charge in [-0.2, -0.15) is 0 Å². The van der Waals surface area contributed by atoms with E-state index in [0.717, 1.165) is 27.7 Å². The third-order valence-electron chi connectivity index (χ3n) is 5.89. The van der Waals surface area contributed by atoms with Crippen molar-refractivity contribution in [1.29, 1.82) is 0 Å². The van der Waals surface area contributed by atoms with E-state index in [1.54, 1.807) is 6.07 Å². The number of aromatic nitrogens is 1. The van der Waals surface area contributed by atoms with Crippen LogP contribution in [0, 0.1) is 11.7 Å². The van der Waals surface area contributed by atoms with Crippen molar-refractivity contribution in [2.75, 3.05) is 0 Å². The van der Waals surface area contributed by atoms with Gasteiger partial charge in [0, 0.05) is 16.6 Å². The zero-order valence-corrected chi connectivity index (χ0v) is 17.7. The van der Waals surface area contributed by atoms with Crippen molar-refractivity contribution < 1.29 is 14.3 Å². The third-order valence-corrected chi connectivity index (χ3v) is 5.89. The Balaban J connectivity index is 2.02. The highest BCUT2D eigenvalue weighted by atomic mass is 19.1. The molecule has 1 amide bonds. The molecular formula is C25H27FN2O2. The van der Waals surface area contributed by atoms with Crippen LogP contribution in [0.5, 0.6) is 0 Å². The minimum absolute atomic E-state index is 0.0595. The smallest absolute Gasteiger partial charge is 0.252 e. The van der Waals surface area contributed by atoms with Crippen molar-refractivity contribution in [2.24, 2.45) is 5.92 Å². The second-order valence-electron chi connectivity index (χ2n) is 8.63. The molecule has 3 aromatic rings. The second kappa shape index (κ2) is 7.63. The summed E-state index contributed by atoms with van der Waals surface area (Å²) in [5, 5.41) is 14.8. The zero-order valence-electron chi connectivity index (χ0n) is 17.7. The average molecular weight is 407 g/mol. The predicted octanol–water partition coefficient (Wildman–Crippen LogP) is 5.53. The van der Waals surface area contributed by atoms with E-state index in [2.05, 4.69) is 24.1 Å². The number of H-pyrrole nitrogens is 1. The molecule has 2 heterocycles. The molecular weight excluding hydrogens is 379 g/mol. The number of nitrogens with one attached hydrogen (secondary N) is 2. The Morgan fingerprint density at radius 3 is 2.33 bits per heavy atom. The van der Waals surface area contributed by atoms with Crippen LogP contribution in [0.2, 0.25) is 0 Å². The van der Waals surface area contributed by atoms with Gasteiger partial charge in [0.25, 0.3) is 5.91 Å². The van der Waals surface area contributed by atoms with Crippen LogP contribution in [0.4, 0.5) is 4.39 Å². The molecule has 4 nitrogen and oxygen atoms in total. The van der Waals surface area contributed by atoms with Gasteiger partial charge in [-0.3, -0.25) is 4.79 Å². The van der Waals surface area contributed by atoms with E-state index in [0.29, 0.717) is 5.57 Å². The Kier molecular flexibility index (Phi) is 5.14. The number of aliphatic hydroxyl groups excluding tert-OH is 1. The number of aromatic amines is 1. The molecule has 0 aliphatic carbocycles. The summed E-state index contributed by atoms with van der Waals surface area (Å²) in [6.45, 7) is 8.04. The maximum atomic E-state index is 14.1. The van der Waals surface area contributed by atoms with Gasteiger partial charge in [-0.15, -0.1) is 0 Å². The standard InChI is InChI=1S/C25H27FN2O2/c1-13(2)19-17-12-16(26)10-11-18(17)27-23(19)20(15-8-6-5-7-9-15)21-24(29)22(14(3)4)28-25(21)30/h5-14,20,22,27,29H,1-4H3,(H,28,30). The monoisotopic (exact) mass is 406 g/mol. The number of rotatable bonds is 5. The van der Waals surface area contributed by atoms with Gasteiger partial charge in [0.05, 0.1) is 17.5 Å². The second-order valence-corrected chi connectivity index (χ2v) is 8.63. The molecule has 2 aromatic carbocycles. The lowest BCUT2D eigenvalue weighted by atomic mass is 9.83. The summed E-state index contributed by atoms with van der Waals surface area (Å²) in [6, 6.07) is 13.9. The fourth-order valence-corrected chi connectivity index (χ4v) is 4.51. The van der Waals surface area contributed by atoms with E-state index in [1.165, 1.54) is 12.1 Å². The Hall–Kier alpha value is -3.08. The molecule has 2 atom stereocenters. The van der Waals surface area contributed by atoms with Crippen molar-refractivity contribution in [2.45, 2.75) is 45.6 Å². The molecule has 0 saturated carbocycles. The van der Waals surface area contributed by atoms with Gasteiger partial charge in [-0.1, -0.05) is 58.0 Å². The van der Waals surface area contributed by atoms with Crippen molar-refractivity contribution >= 4 is 16.8 Å². The van der Waals surface area contributed by atoms with E-state index >= 15 is 0 Å². The van der Waals surface area contributed by atoms with Gasteiger partial charge < -0.3 is 15.4 Å². The molecule has 0 radical (unpaired) electrons. The SMILES string of the molecule is CC(C)c1c(C(C2=C(O)C(C(C)C)NC2=O)c2ccccc2)[nH]c2ccc(F)cc12. The molecule has 1 aliphatic heterocycles. The number of halogens is 1. The maximum Gasteiger partial charge on any atom is 0.252 e. The molecule has 156 valence electrons. The van der Waals surface area contributed by atoms with E-state index < -0.39 is 12.0 Å². The van der Waals surface area contributed by atoms with Crippen molar-refractivity contribution in [1.82, 2.24) is 10.3 Å². The highest BCUT2D eigenvalue weighted by Crippen LogP contribution is 2.42. The van der Waals surface area contributed by atoms with E-state index in [1.807, 2.05) is 44.2 Å². The fourth-order valence-electron chi connectivity index (χ4n) is 4.51. The largest absolute Gasteiger partial charge is 0.510 e. The van der Waals surface area contributed by atoms with Crippen LogP contribution in [-0.2, 0) is 4.79 Å². The highest BCUT2D eigenvalue weighted by molar-refractivity contribution is 6.00. The van der Waals surface area contributed by atoms with Gasteiger partial charge in [0.2, 0.25) is 0 Å². The quantitative estimate of drug-likeness (QED) is 0.522. The Morgan fingerprint density at radius 1 is 1.03 bits per heavy atom. The molecule has 0 fully saturated rings. The van der Waals surface area contributed by atoms with Crippen molar-refractivity contribution in [3.8, 4) is 0 Å². The lowest BCUT2D eigenvalue weighted by molar-refractivity contribution is -0.117. The normalized spacial score (nSPS) is 18.0. The molecule has 5 heteroatoms. The molecule has 3 N–H and O–H groups in total. The van der Waals surface area contributed by atoms with Gasteiger partial charge in [0.15, 0.2) is 0 Å².